The van der Waals surface area contributed by atoms with Gasteiger partial charge in [-0.2, -0.15) is 0 Å². The van der Waals surface area contributed by atoms with Crippen LogP contribution in [0.15, 0.2) is 217 Å². The van der Waals surface area contributed by atoms with Crippen molar-refractivity contribution in [2.75, 3.05) is 4.90 Å². The van der Waals surface area contributed by atoms with Crippen molar-refractivity contribution in [2.24, 2.45) is 0 Å². The first-order chi connectivity index (χ1) is 28.8. The minimum atomic E-state index is 0.896. The molecule has 4 heteroatoms. The van der Waals surface area contributed by atoms with E-state index in [4.69, 9.17) is 4.42 Å². The maximum Gasteiger partial charge on any atom is 0.136 e. The van der Waals surface area contributed by atoms with Gasteiger partial charge in [-0.3, -0.25) is 0 Å². The minimum Gasteiger partial charge on any atom is -0.456 e. The number of rotatable bonds is 6. The molecule has 0 spiro atoms. The van der Waals surface area contributed by atoms with E-state index in [-0.39, 0.29) is 0 Å². The van der Waals surface area contributed by atoms with Gasteiger partial charge in [0.15, 0.2) is 0 Å². The zero-order valence-electron chi connectivity index (χ0n) is 31.5. The summed E-state index contributed by atoms with van der Waals surface area (Å²) in [6, 6.07) is 76.3. The Morgan fingerprint density at radius 1 is 0.328 bits per heavy atom. The number of nitrogens with zero attached hydrogens (tertiary/aromatic N) is 3. The number of hydrogen-bond acceptors (Lipinski definition) is 2. The van der Waals surface area contributed by atoms with Gasteiger partial charge in [-0.15, -0.1) is 0 Å². The third-order valence-electron chi connectivity index (χ3n) is 11.7. The lowest BCUT2D eigenvalue weighted by Gasteiger charge is -2.27. The molecule has 0 saturated heterocycles. The van der Waals surface area contributed by atoms with Crippen LogP contribution in [0, 0.1) is 0 Å². The van der Waals surface area contributed by atoms with Crippen molar-refractivity contribution in [1.82, 2.24) is 9.13 Å². The van der Waals surface area contributed by atoms with Crippen molar-refractivity contribution >= 4 is 82.6 Å². The molecule has 3 aromatic heterocycles. The van der Waals surface area contributed by atoms with E-state index in [1.165, 1.54) is 32.6 Å². The smallest absolute Gasteiger partial charge is 0.136 e. The summed E-state index contributed by atoms with van der Waals surface area (Å²) in [7, 11) is 0. The average Bonchev–Trinajstić information content (AvgIpc) is 3.95. The fourth-order valence-electron chi connectivity index (χ4n) is 9.13. The Kier molecular flexibility index (Phi) is 7.20. The summed E-state index contributed by atoms with van der Waals surface area (Å²) >= 11 is 0. The molecule has 0 saturated carbocycles. The van der Waals surface area contributed by atoms with Gasteiger partial charge in [-0.25, -0.2) is 0 Å². The molecule has 0 N–H and O–H groups in total. The van der Waals surface area contributed by atoms with E-state index in [1.807, 2.05) is 12.1 Å². The molecule has 0 radical (unpaired) electrons. The highest BCUT2D eigenvalue weighted by Crippen LogP contribution is 2.46. The van der Waals surface area contributed by atoms with E-state index in [1.54, 1.807) is 0 Å². The predicted molar refractivity (Wildman–Crippen MR) is 243 cm³/mol. The first kappa shape index (κ1) is 32.4. The molecule has 58 heavy (non-hydrogen) atoms. The van der Waals surface area contributed by atoms with Gasteiger partial charge < -0.3 is 18.5 Å². The molecule has 272 valence electrons. The summed E-state index contributed by atoms with van der Waals surface area (Å²) in [5.41, 5.74) is 14.3. The van der Waals surface area contributed by atoms with Crippen LogP contribution in [0.4, 0.5) is 17.1 Å². The first-order valence-electron chi connectivity index (χ1n) is 19.8. The van der Waals surface area contributed by atoms with E-state index in [0.29, 0.717) is 0 Å². The van der Waals surface area contributed by atoms with Crippen LogP contribution >= 0.6 is 0 Å². The Morgan fingerprint density at radius 2 is 0.862 bits per heavy atom. The lowest BCUT2D eigenvalue weighted by Crippen LogP contribution is -2.10. The number of para-hydroxylation sites is 5. The largest absolute Gasteiger partial charge is 0.456 e. The Morgan fingerprint density at radius 3 is 1.62 bits per heavy atom. The van der Waals surface area contributed by atoms with Crippen molar-refractivity contribution < 1.29 is 4.42 Å². The normalized spacial score (nSPS) is 11.8. The van der Waals surface area contributed by atoms with Gasteiger partial charge in [0.05, 0.1) is 27.8 Å². The second-order valence-corrected chi connectivity index (χ2v) is 14.9. The van der Waals surface area contributed by atoms with Gasteiger partial charge in [0.2, 0.25) is 0 Å². The van der Waals surface area contributed by atoms with E-state index >= 15 is 0 Å². The van der Waals surface area contributed by atoms with Gasteiger partial charge in [0, 0.05) is 55.1 Å². The van der Waals surface area contributed by atoms with Crippen molar-refractivity contribution in [3.05, 3.63) is 212 Å². The van der Waals surface area contributed by atoms with Crippen molar-refractivity contribution in [3.8, 4) is 22.5 Å². The Bertz CT molecular complexity index is 3500. The lowest BCUT2D eigenvalue weighted by atomic mass is 10.0. The predicted octanol–water partition coefficient (Wildman–Crippen LogP) is 14.9. The van der Waals surface area contributed by atoms with Crippen LogP contribution in [0.3, 0.4) is 0 Å². The third kappa shape index (κ3) is 4.95. The fourth-order valence-corrected chi connectivity index (χ4v) is 9.13. The highest BCUT2D eigenvalue weighted by molar-refractivity contribution is 6.17. The molecule has 0 bridgehead atoms. The van der Waals surface area contributed by atoms with Gasteiger partial charge in [-0.1, -0.05) is 121 Å². The lowest BCUT2D eigenvalue weighted by molar-refractivity contribution is 0.669. The van der Waals surface area contributed by atoms with Crippen LogP contribution in [0.5, 0.6) is 0 Å². The summed E-state index contributed by atoms with van der Waals surface area (Å²) < 4.78 is 11.1. The SMILES string of the molecule is c1ccc(-n2c3ccccc3c3ccc(N(c4ccc(-c5ccc6c(c5)oc5ccccc56)cc4)c4cccc5c4c4ccccc4n5-c4ccccc4)cc32)cc1. The third-order valence-corrected chi connectivity index (χ3v) is 11.7. The van der Waals surface area contributed by atoms with Crippen LogP contribution in [-0.4, -0.2) is 9.13 Å². The highest BCUT2D eigenvalue weighted by Gasteiger charge is 2.23. The van der Waals surface area contributed by atoms with Crippen LogP contribution in [0.2, 0.25) is 0 Å². The Hall–Kier alpha value is -7.82. The van der Waals surface area contributed by atoms with Crippen LogP contribution in [0.25, 0.3) is 88.1 Å². The molecule has 0 fully saturated rings. The Labute approximate surface area is 334 Å². The number of anilines is 3. The molecule has 12 rings (SSSR count). The van der Waals surface area contributed by atoms with Gasteiger partial charge in [0.1, 0.15) is 11.2 Å². The summed E-state index contributed by atoms with van der Waals surface area (Å²) in [5, 5.41) is 7.13. The monoisotopic (exact) mass is 741 g/mol. The molecule has 0 aliphatic heterocycles. The molecular weight excluding hydrogens is 707 g/mol. The van der Waals surface area contributed by atoms with Crippen molar-refractivity contribution in [3.63, 3.8) is 0 Å². The van der Waals surface area contributed by atoms with Crippen LogP contribution < -0.4 is 4.90 Å². The molecule has 0 aliphatic rings. The molecular formula is C54H35N3O. The summed E-state index contributed by atoms with van der Waals surface area (Å²) in [6.07, 6.45) is 0. The second-order valence-electron chi connectivity index (χ2n) is 14.9. The van der Waals surface area contributed by atoms with E-state index in [0.717, 1.165) is 72.5 Å². The maximum absolute atomic E-state index is 6.29. The molecule has 12 aromatic rings. The number of furan rings is 1. The van der Waals surface area contributed by atoms with Crippen LogP contribution in [0.1, 0.15) is 0 Å². The summed E-state index contributed by atoms with van der Waals surface area (Å²) in [6.45, 7) is 0. The molecule has 9 aromatic carbocycles. The van der Waals surface area contributed by atoms with E-state index < -0.39 is 0 Å². The molecule has 4 nitrogen and oxygen atoms in total. The Balaban J connectivity index is 1.09. The zero-order chi connectivity index (χ0) is 38.2. The number of benzene rings is 9. The van der Waals surface area contributed by atoms with Crippen LogP contribution in [-0.2, 0) is 0 Å². The standard InChI is InChI=1S/C54H35N3O/c1-3-14-38(15-4-1)56-48-22-11-8-20-46(48)54-49(23-13-24-50(54)56)55(40-29-26-36(27-30-40)37-28-32-45-44-19-9-12-25-52(44)58-53(45)34-37)41-31-33-43-42-18-7-10-21-47(42)57(51(43)35-41)39-16-5-2-6-17-39/h1-35H. The van der Waals surface area contributed by atoms with Crippen molar-refractivity contribution in [1.29, 1.82) is 0 Å². The summed E-state index contributed by atoms with van der Waals surface area (Å²) in [5.74, 6) is 0. The topological polar surface area (TPSA) is 26.2 Å². The van der Waals surface area contributed by atoms with Gasteiger partial charge >= 0.3 is 0 Å². The number of fused-ring (bicyclic) bond motifs is 9. The molecule has 0 amide bonds. The zero-order valence-corrected chi connectivity index (χ0v) is 31.5. The number of aromatic nitrogens is 2. The maximum atomic E-state index is 6.29. The first-order valence-corrected chi connectivity index (χ1v) is 19.8. The molecule has 3 heterocycles. The van der Waals surface area contributed by atoms with E-state index in [9.17, 15) is 0 Å². The second kappa shape index (κ2) is 12.9. The molecule has 0 aliphatic carbocycles. The number of hydrogen-bond donors (Lipinski definition) is 0. The molecule has 0 unspecified atom stereocenters. The summed E-state index contributed by atoms with van der Waals surface area (Å²) in [4.78, 5) is 2.43. The fraction of sp³-hybridized carbons (Fsp3) is 0. The quantitative estimate of drug-likeness (QED) is 0.170. The minimum absolute atomic E-state index is 0.896. The van der Waals surface area contributed by atoms with Crippen molar-refractivity contribution in [2.45, 2.75) is 0 Å². The van der Waals surface area contributed by atoms with Gasteiger partial charge in [0.25, 0.3) is 0 Å². The average molecular weight is 742 g/mol. The highest BCUT2D eigenvalue weighted by atomic mass is 16.3. The molecule has 0 atom stereocenters. The van der Waals surface area contributed by atoms with E-state index in [2.05, 4.69) is 214 Å². The van der Waals surface area contributed by atoms with Gasteiger partial charge in [-0.05, 0) is 102 Å².